The molecule has 7 heteroatoms. The second-order valence-electron chi connectivity index (χ2n) is 3.32. The van der Waals surface area contributed by atoms with Crippen LogP contribution in [0, 0.1) is 11.3 Å². The summed E-state index contributed by atoms with van der Waals surface area (Å²) < 4.78 is 5.05. The van der Waals surface area contributed by atoms with Crippen molar-refractivity contribution in [1.29, 1.82) is 5.26 Å². The molecule has 0 unspecified atom stereocenters. The number of nitrogens with zero attached hydrogens (tertiary/aromatic N) is 3. The molecule has 0 atom stereocenters. The Morgan fingerprint density at radius 2 is 2.28 bits per heavy atom. The van der Waals surface area contributed by atoms with Crippen molar-refractivity contribution in [1.82, 2.24) is 9.97 Å². The SMILES string of the molecule is N#Cc1cnc(NCc2ccc(C(=O)O)o2)cn1. The molecule has 0 amide bonds. The lowest BCUT2D eigenvalue weighted by Gasteiger charge is -2.01. The van der Waals surface area contributed by atoms with Crippen molar-refractivity contribution >= 4 is 11.8 Å². The smallest absolute Gasteiger partial charge is 0.371 e. The highest BCUT2D eigenvalue weighted by Crippen LogP contribution is 2.10. The van der Waals surface area contributed by atoms with Crippen molar-refractivity contribution in [3.8, 4) is 6.07 Å². The van der Waals surface area contributed by atoms with Gasteiger partial charge < -0.3 is 14.8 Å². The average Bonchev–Trinajstić information content (AvgIpc) is 2.86. The second-order valence-corrected chi connectivity index (χ2v) is 3.32. The van der Waals surface area contributed by atoms with Crippen molar-refractivity contribution < 1.29 is 14.3 Å². The number of aromatic carboxylic acids is 1. The van der Waals surface area contributed by atoms with Gasteiger partial charge in [-0.15, -0.1) is 0 Å². The van der Waals surface area contributed by atoms with Crippen molar-refractivity contribution in [2.75, 3.05) is 5.32 Å². The van der Waals surface area contributed by atoms with E-state index >= 15 is 0 Å². The molecule has 18 heavy (non-hydrogen) atoms. The van der Waals surface area contributed by atoms with Crippen molar-refractivity contribution in [3.63, 3.8) is 0 Å². The molecule has 0 fully saturated rings. The van der Waals surface area contributed by atoms with Gasteiger partial charge in [0.1, 0.15) is 17.6 Å². The number of furan rings is 1. The molecule has 90 valence electrons. The number of aromatic nitrogens is 2. The van der Waals surface area contributed by atoms with E-state index in [1.54, 1.807) is 6.07 Å². The lowest BCUT2D eigenvalue weighted by Crippen LogP contribution is -2.01. The van der Waals surface area contributed by atoms with Gasteiger partial charge in [-0.2, -0.15) is 5.26 Å². The quantitative estimate of drug-likeness (QED) is 0.832. The molecule has 0 saturated carbocycles. The summed E-state index contributed by atoms with van der Waals surface area (Å²) in [5, 5.41) is 20.1. The van der Waals surface area contributed by atoms with Gasteiger partial charge in [-0.1, -0.05) is 0 Å². The maximum atomic E-state index is 10.6. The predicted octanol–water partition coefficient (Wildman–Crippen LogP) is 1.25. The molecule has 2 N–H and O–H groups in total. The van der Waals surface area contributed by atoms with Crippen LogP contribution in [-0.2, 0) is 6.54 Å². The normalized spacial score (nSPS) is 9.72. The van der Waals surface area contributed by atoms with Crippen LogP contribution >= 0.6 is 0 Å². The molecule has 0 aromatic carbocycles. The van der Waals surface area contributed by atoms with E-state index in [0.29, 0.717) is 11.6 Å². The van der Waals surface area contributed by atoms with Gasteiger partial charge >= 0.3 is 5.97 Å². The highest BCUT2D eigenvalue weighted by Gasteiger charge is 2.08. The topological polar surface area (TPSA) is 112 Å². The number of carboxylic acids is 1. The standard InChI is InChI=1S/C11H8N4O3/c12-3-7-4-14-10(6-13-7)15-5-8-1-2-9(18-8)11(16)17/h1-2,4,6H,5H2,(H,14,15)(H,16,17). The van der Waals surface area contributed by atoms with Crippen LogP contribution in [0.4, 0.5) is 5.82 Å². The minimum Gasteiger partial charge on any atom is -0.475 e. The highest BCUT2D eigenvalue weighted by atomic mass is 16.4. The lowest BCUT2D eigenvalue weighted by molar-refractivity contribution is 0.0660. The van der Waals surface area contributed by atoms with Crippen LogP contribution < -0.4 is 5.32 Å². The Morgan fingerprint density at radius 3 is 2.83 bits per heavy atom. The van der Waals surface area contributed by atoms with Gasteiger partial charge in [0, 0.05) is 0 Å². The summed E-state index contributed by atoms with van der Waals surface area (Å²) in [5.74, 6) is -0.280. The molecule has 0 saturated heterocycles. The number of rotatable bonds is 4. The fourth-order valence-corrected chi connectivity index (χ4v) is 1.24. The van der Waals surface area contributed by atoms with Crippen LogP contribution in [-0.4, -0.2) is 21.0 Å². The maximum Gasteiger partial charge on any atom is 0.371 e. The third-order valence-electron chi connectivity index (χ3n) is 2.08. The Kier molecular flexibility index (Phi) is 3.20. The first-order valence-electron chi connectivity index (χ1n) is 4.97. The summed E-state index contributed by atoms with van der Waals surface area (Å²) in [4.78, 5) is 18.4. The van der Waals surface area contributed by atoms with E-state index in [2.05, 4.69) is 15.3 Å². The Labute approximate surface area is 102 Å². The first kappa shape index (κ1) is 11.6. The number of nitrogens with one attached hydrogen (secondary N) is 1. The van der Waals surface area contributed by atoms with Crippen molar-refractivity contribution in [3.05, 3.63) is 41.7 Å². The zero-order valence-corrected chi connectivity index (χ0v) is 9.12. The van der Waals surface area contributed by atoms with Crippen LogP contribution in [0.3, 0.4) is 0 Å². The molecule has 0 spiro atoms. The van der Waals surface area contributed by atoms with Gasteiger partial charge in [0.25, 0.3) is 0 Å². The van der Waals surface area contributed by atoms with E-state index in [9.17, 15) is 4.79 Å². The predicted molar refractivity (Wildman–Crippen MR) is 59.7 cm³/mol. The molecule has 0 bridgehead atoms. The van der Waals surface area contributed by atoms with Crippen LogP contribution in [0.5, 0.6) is 0 Å². The van der Waals surface area contributed by atoms with E-state index < -0.39 is 5.97 Å². The third kappa shape index (κ3) is 2.62. The van der Waals surface area contributed by atoms with Gasteiger partial charge in [-0.25, -0.2) is 14.8 Å². The fraction of sp³-hybridized carbons (Fsp3) is 0.0909. The summed E-state index contributed by atoms with van der Waals surface area (Å²) in [6, 6.07) is 4.80. The van der Waals surface area contributed by atoms with Gasteiger partial charge in [0.2, 0.25) is 5.76 Å². The molecular formula is C11H8N4O3. The Balaban J connectivity index is 1.98. The van der Waals surface area contributed by atoms with Gasteiger partial charge in [0.05, 0.1) is 18.9 Å². The van der Waals surface area contributed by atoms with E-state index in [1.165, 1.54) is 18.5 Å². The maximum absolute atomic E-state index is 10.6. The van der Waals surface area contributed by atoms with Gasteiger partial charge in [-0.3, -0.25) is 0 Å². The summed E-state index contributed by atoms with van der Waals surface area (Å²) in [5.41, 5.74) is 0.228. The summed E-state index contributed by atoms with van der Waals surface area (Å²) in [6.07, 6.45) is 2.76. The van der Waals surface area contributed by atoms with E-state index in [0.717, 1.165) is 0 Å². The third-order valence-corrected chi connectivity index (χ3v) is 2.08. The first-order chi connectivity index (χ1) is 8.69. The number of anilines is 1. The molecule has 0 aliphatic heterocycles. The van der Waals surface area contributed by atoms with Gasteiger partial charge in [0.15, 0.2) is 5.69 Å². The van der Waals surface area contributed by atoms with E-state index in [1.807, 2.05) is 6.07 Å². The molecule has 2 aromatic rings. The Hall–Kier alpha value is -2.88. The van der Waals surface area contributed by atoms with Gasteiger partial charge in [-0.05, 0) is 12.1 Å². The molecule has 0 aliphatic carbocycles. The molecule has 0 radical (unpaired) electrons. The Morgan fingerprint density at radius 1 is 1.44 bits per heavy atom. The highest BCUT2D eigenvalue weighted by molar-refractivity contribution is 5.84. The first-order valence-corrected chi connectivity index (χ1v) is 4.97. The van der Waals surface area contributed by atoms with E-state index in [4.69, 9.17) is 14.8 Å². The zero-order valence-electron chi connectivity index (χ0n) is 9.12. The second kappa shape index (κ2) is 4.97. The van der Waals surface area contributed by atoms with Crippen LogP contribution in [0.15, 0.2) is 28.9 Å². The number of nitriles is 1. The minimum atomic E-state index is -1.11. The number of hydrogen-bond acceptors (Lipinski definition) is 6. The summed E-state index contributed by atoms with van der Waals surface area (Å²) in [6.45, 7) is 0.286. The average molecular weight is 244 g/mol. The largest absolute Gasteiger partial charge is 0.475 e. The lowest BCUT2D eigenvalue weighted by atomic mass is 10.4. The molecule has 2 aromatic heterocycles. The monoisotopic (exact) mass is 244 g/mol. The molecule has 0 aliphatic rings. The number of carboxylic acid groups (broad SMARTS) is 1. The van der Waals surface area contributed by atoms with Crippen LogP contribution in [0.25, 0.3) is 0 Å². The fourth-order valence-electron chi connectivity index (χ4n) is 1.24. The van der Waals surface area contributed by atoms with Crippen LogP contribution in [0.2, 0.25) is 0 Å². The summed E-state index contributed by atoms with van der Waals surface area (Å²) >= 11 is 0. The molecule has 2 heterocycles. The van der Waals surface area contributed by atoms with Crippen molar-refractivity contribution in [2.45, 2.75) is 6.54 Å². The van der Waals surface area contributed by atoms with Crippen LogP contribution in [0.1, 0.15) is 22.0 Å². The number of hydrogen-bond donors (Lipinski definition) is 2. The molecular weight excluding hydrogens is 236 g/mol. The minimum absolute atomic E-state index is 0.113. The molecule has 2 rings (SSSR count). The summed E-state index contributed by atoms with van der Waals surface area (Å²) in [7, 11) is 0. The van der Waals surface area contributed by atoms with Crippen molar-refractivity contribution in [2.24, 2.45) is 0 Å². The van der Waals surface area contributed by atoms with E-state index in [-0.39, 0.29) is 18.0 Å². The Bertz CT molecular complexity index is 597. The zero-order chi connectivity index (χ0) is 13.0. The molecule has 7 nitrogen and oxygen atoms in total. The number of carbonyl (C=O) groups is 1.